The van der Waals surface area contributed by atoms with Crippen molar-refractivity contribution in [1.29, 1.82) is 0 Å². The highest BCUT2D eigenvalue weighted by molar-refractivity contribution is 7.92. The summed E-state index contributed by atoms with van der Waals surface area (Å²) in [4.78, 5) is 0. The Morgan fingerprint density at radius 2 is 1.85 bits per heavy atom. The van der Waals surface area contributed by atoms with Gasteiger partial charge in [-0.05, 0) is 49.6 Å². The zero-order valence-electron chi connectivity index (χ0n) is 15.6. The number of fused-ring (bicyclic) bond motifs is 1. The van der Waals surface area contributed by atoms with Gasteiger partial charge in [0.2, 0.25) is 10.0 Å². The smallest absolute Gasteiger partial charge is 0.232 e. The highest BCUT2D eigenvalue weighted by Gasteiger charge is 2.33. The predicted octanol–water partition coefficient (Wildman–Crippen LogP) is 5.20. The number of benzene rings is 2. The first kappa shape index (κ1) is 20.5. The van der Waals surface area contributed by atoms with Gasteiger partial charge in [-0.15, -0.1) is 0 Å². The minimum Gasteiger partial charge on any atom is -0.370 e. The fourth-order valence-corrected chi connectivity index (χ4v) is 4.74. The van der Waals surface area contributed by atoms with Gasteiger partial charge in [0.05, 0.1) is 34.2 Å². The van der Waals surface area contributed by atoms with Gasteiger partial charge in [0, 0.05) is 12.5 Å². The van der Waals surface area contributed by atoms with E-state index in [9.17, 15) is 8.42 Å². The van der Waals surface area contributed by atoms with Crippen LogP contribution in [0.2, 0.25) is 10.0 Å². The molecular weight excluding hydrogens is 405 g/mol. The summed E-state index contributed by atoms with van der Waals surface area (Å²) in [5.74, 6) is 0.126. The molecule has 1 aliphatic rings. The Labute approximate surface area is 171 Å². The quantitative estimate of drug-likeness (QED) is 0.658. The van der Waals surface area contributed by atoms with Crippen molar-refractivity contribution in [3.8, 4) is 0 Å². The van der Waals surface area contributed by atoms with E-state index in [0.29, 0.717) is 35.3 Å². The van der Waals surface area contributed by atoms with E-state index in [2.05, 4.69) is 26.0 Å². The lowest BCUT2D eigenvalue weighted by Gasteiger charge is -2.38. The Bertz CT molecular complexity index is 944. The van der Waals surface area contributed by atoms with Gasteiger partial charge >= 0.3 is 0 Å². The SMILES string of the molecule is CC1(C)OCC(CCN(c2ccc(Cl)c(Cl)c2)S(C)(=O)=O)c2ccccc21. The van der Waals surface area contributed by atoms with Crippen LogP contribution in [-0.4, -0.2) is 27.8 Å². The van der Waals surface area contributed by atoms with Crippen molar-refractivity contribution < 1.29 is 13.2 Å². The number of halogens is 2. The van der Waals surface area contributed by atoms with Crippen LogP contribution in [0.4, 0.5) is 5.69 Å². The highest BCUT2D eigenvalue weighted by atomic mass is 35.5. The van der Waals surface area contributed by atoms with Crippen molar-refractivity contribution in [2.75, 3.05) is 23.7 Å². The van der Waals surface area contributed by atoms with E-state index in [-0.39, 0.29) is 11.5 Å². The van der Waals surface area contributed by atoms with E-state index < -0.39 is 10.0 Å². The van der Waals surface area contributed by atoms with E-state index in [1.807, 2.05) is 12.1 Å². The van der Waals surface area contributed by atoms with Crippen molar-refractivity contribution in [2.45, 2.75) is 31.8 Å². The summed E-state index contributed by atoms with van der Waals surface area (Å²) in [5, 5.41) is 0.724. The van der Waals surface area contributed by atoms with Crippen molar-refractivity contribution in [2.24, 2.45) is 0 Å². The van der Waals surface area contributed by atoms with Gasteiger partial charge < -0.3 is 4.74 Å². The number of ether oxygens (including phenoxy) is 1. The molecule has 1 atom stereocenters. The Kier molecular flexibility index (Phi) is 5.78. The summed E-state index contributed by atoms with van der Waals surface area (Å²) in [5.41, 5.74) is 2.54. The largest absolute Gasteiger partial charge is 0.370 e. The van der Waals surface area contributed by atoms with E-state index in [1.54, 1.807) is 18.2 Å². The summed E-state index contributed by atoms with van der Waals surface area (Å²) < 4.78 is 32.2. The lowest BCUT2D eigenvalue weighted by Crippen LogP contribution is -2.35. The molecule has 0 bridgehead atoms. The molecule has 0 aliphatic carbocycles. The molecule has 1 aliphatic heterocycles. The molecule has 0 N–H and O–H groups in total. The second kappa shape index (κ2) is 7.63. The highest BCUT2D eigenvalue weighted by Crippen LogP contribution is 2.39. The molecule has 0 amide bonds. The molecule has 27 heavy (non-hydrogen) atoms. The molecule has 0 radical (unpaired) electrons. The van der Waals surface area contributed by atoms with Crippen LogP contribution in [0.5, 0.6) is 0 Å². The van der Waals surface area contributed by atoms with Gasteiger partial charge in [-0.3, -0.25) is 4.31 Å². The lowest BCUT2D eigenvalue weighted by atomic mass is 9.82. The van der Waals surface area contributed by atoms with Crippen LogP contribution in [-0.2, 0) is 20.4 Å². The van der Waals surface area contributed by atoms with Crippen LogP contribution < -0.4 is 4.31 Å². The second-order valence-corrected chi connectivity index (χ2v) is 10.0. The summed E-state index contributed by atoms with van der Waals surface area (Å²) in [6.07, 6.45) is 1.84. The number of rotatable bonds is 5. The predicted molar refractivity (Wildman–Crippen MR) is 111 cm³/mol. The molecule has 7 heteroatoms. The molecule has 0 saturated carbocycles. The normalized spacial score (nSPS) is 18.8. The molecule has 0 fully saturated rings. The van der Waals surface area contributed by atoms with Crippen molar-refractivity contribution in [3.63, 3.8) is 0 Å². The van der Waals surface area contributed by atoms with E-state index in [4.69, 9.17) is 27.9 Å². The Balaban J connectivity index is 1.86. The third-order valence-electron chi connectivity index (χ3n) is 4.97. The average molecular weight is 428 g/mol. The first-order valence-corrected chi connectivity index (χ1v) is 11.4. The average Bonchev–Trinajstić information content (AvgIpc) is 2.59. The molecule has 1 heterocycles. The van der Waals surface area contributed by atoms with Crippen molar-refractivity contribution in [3.05, 3.63) is 63.6 Å². The first-order valence-electron chi connectivity index (χ1n) is 8.76. The second-order valence-electron chi connectivity index (χ2n) is 7.33. The van der Waals surface area contributed by atoms with Gasteiger partial charge in [-0.2, -0.15) is 0 Å². The molecular formula is C20H23Cl2NO3S. The van der Waals surface area contributed by atoms with Crippen LogP contribution in [0.25, 0.3) is 0 Å². The van der Waals surface area contributed by atoms with Crippen molar-refractivity contribution in [1.82, 2.24) is 0 Å². The molecule has 2 aromatic carbocycles. The Hall–Kier alpha value is -1.27. The standard InChI is InChI=1S/C20H23Cl2NO3S/c1-20(2)17-7-5-4-6-16(17)14(13-26-20)10-11-23(27(3,24)25)15-8-9-18(21)19(22)12-15/h4-9,12,14H,10-11,13H2,1-3H3. The van der Waals surface area contributed by atoms with Gasteiger partial charge in [-0.1, -0.05) is 47.5 Å². The molecule has 146 valence electrons. The van der Waals surface area contributed by atoms with Crippen LogP contribution in [0.3, 0.4) is 0 Å². The first-order chi connectivity index (χ1) is 12.6. The lowest BCUT2D eigenvalue weighted by molar-refractivity contribution is -0.0435. The maximum absolute atomic E-state index is 12.4. The topological polar surface area (TPSA) is 46.6 Å². The molecule has 3 rings (SSSR count). The molecule has 0 spiro atoms. The third-order valence-corrected chi connectivity index (χ3v) is 6.90. The van der Waals surface area contributed by atoms with Crippen molar-refractivity contribution >= 4 is 38.9 Å². The van der Waals surface area contributed by atoms with E-state index in [1.165, 1.54) is 16.1 Å². The minimum absolute atomic E-state index is 0.126. The molecule has 1 unspecified atom stereocenters. The number of anilines is 1. The van der Waals surface area contributed by atoms with Gasteiger partial charge in [-0.25, -0.2) is 8.42 Å². The summed E-state index contributed by atoms with van der Waals surface area (Å²) >= 11 is 12.0. The monoisotopic (exact) mass is 427 g/mol. The maximum Gasteiger partial charge on any atom is 0.232 e. The summed E-state index contributed by atoms with van der Waals surface area (Å²) in [6, 6.07) is 13.1. The van der Waals surface area contributed by atoms with Crippen LogP contribution in [0.15, 0.2) is 42.5 Å². The number of sulfonamides is 1. The fourth-order valence-electron chi connectivity index (χ4n) is 3.52. The maximum atomic E-state index is 12.4. The molecule has 0 saturated heterocycles. The van der Waals surface area contributed by atoms with Crippen LogP contribution in [0, 0.1) is 0 Å². The Morgan fingerprint density at radius 1 is 1.15 bits per heavy atom. The van der Waals surface area contributed by atoms with Gasteiger partial charge in [0.25, 0.3) is 0 Å². The molecule has 0 aromatic heterocycles. The summed E-state index contributed by atoms with van der Waals surface area (Å²) in [6.45, 7) is 5.00. The summed E-state index contributed by atoms with van der Waals surface area (Å²) in [7, 11) is -3.46. The van der Waals surface area contributed by atoms with Crippen LogP contribution in [0.1, 0.15) is 37.3 Å². The minimum atomic E-state index is -3.46. The molecule has 2 aromatic rings. The van der Waals surface area contributed by atoms with E-state index >= 15 is 0 Å². The third kappa shape index (κ3) is 4.43. The zero-order chi connectivity index (χ0) is 19.8. The molecule has 4 nitrogen and oxygen atoms in total. The number of hydrogen-bond acceptors (Lipinski definition) is 3. The number of hydrogen-bond donors (Lipinski definition) is 0. The van der Waals surface area contributed by atoms with Gasteiger partial charge in [0.1, 0.15) is 0 Å². The van der Waals surface area contributed by atoms with Crippen LogP contribution >= 0.6 is 23.2 Å². The Morgan fingerprint density at radius 3 is 2.52 bits per heavy atom. The zero-order valence-corrected chi connectivity index (χ0v) is 17.9. The fraction of sp³-hybridized carbons (Fsp3) is 0.400. The van der Waals surface area contributed by atoms with Gasteiger partial charge in [0.15, 0.2) is 0 Å². The van der Waals surface area contributed by atoms with E-state index in [0.717, 1.165) is 5.56 Å². The number of nitrogens with zero attached hydrogens (tertiary/aromatic N) is 1.